The van der Waals surface area contributed by atoms with E-state index in [0.29, 0.717) is 12.2 Å². The Morgan fingerprint density at radius 2 is 1.62 bits per heavy atom. The molecule has 2 amide bonds. The summed E-state index contributed by atoms with van der Waals surface area (Å²) in [6.45, 7) is 0.545. The van der Waals surface area contributed by atoms with Crippen LogP contribution < -0.4 is 10.2 Å². The molecule has 0 radical (unpaired) electrons. The average Bonchev–Trinajstić information content (AvgIpc) is 3.05. The summed E-state index contributed by atoms with van der Waals surface area (Å²) < 4.78 is 0. The Labute approximate surface area is 139 Å². The summed E-state index contributed by atoms with van der Waals surface area (Å²) in [6, 6.07) is 21.2. The Morgan fingerprint density at radius 1 is 0.875 bits per heavy atom. The Hall–Kier alpha value is -3.14. The van der Waals surface area contributed by atoms with Gasteiger partial charge >= 0.3 is 11.8 Å². The highest BCUT2D eigenvalue weighted by Crippen LogP contribution is 2.27. The number of benzene rings is 3. The minimum atomic E-state index is -0.609. The maximum atomic E-state index is 12.5. The molecule has 4 nitrogen and oxygen atoms in total. The van der Waals surface area contributed by atoms with Crippen molar-refractivity contribution in [1.82, 2.24) is 0 Å². The van der Waals surface area contributed by atoms with Crippen LogP contribution in [0, 0.1) is 0 Å². The van der Waals surface area contributed by atoms with Crippen molar-refractivity contribution in [2.24, 2.45) is 0 Å². The first-order valence-electron chi connectivity index (χ1n) is 7.92. The van der Waals surface area contributed by atoms with Gasteiger partial charge in [-0.25, -0.2) is 0 Å². The Balaban J connectivity index is 1.54. The molecule has 24 heavy (non-hydrogen) atoms. The lowest BCUT2D eigenvalue weighted by Gasteiger charge is -2.16. The standard InChI is InChI=1S/C20H16N2O2/c23-19(20(24)22-12-11-15-6-3-4-8-18(15)22)21-17-10-9-14-5-1-2-7-16(14)13-17/h1-10,13H,11-12H2,(H,21,23). The molecule has 3 aromatic rings. The van der Waals surface area contributed by atoms with Crippen LogP contribution >= 0.6 is 0 Å². The van der Waals surface area contributed by atoms with Crippen LogP contribution in [0.2, 0.25) is 0 Å². The lowest BCUT2D eigenvalue weighted by atomic mass is 10.1. The second kappa shape index (κ2) is 5.81. The van der Waals surface area contributed by atoms with Gasteiger partial charge in [-0.3, -0.25) is 9.59 Å². The van der Waals surface area contributed by atoms with Crippen LogP contribution in [0.25, 0.3) is 10.8 Å². The Kier molecular flexibility index (Phi) is 3.50. The number of carbonyl (C=O) groups excluding carboxylic acids is 2. The summed E-state index contributed by atoms with van der Waals surface area (Å²) in [6.07, 6.45) is 0.783. The molecule has 0 saturated carbocycles. The average molecular weight is 316 g/mol. The van der Waals surface area contributed by atoms with Crippen LogP contribution in [0.3, 0.4) is 0 Å². The predicted octanol–water partition coefficient (Wildman–Crippen LogP) is 3.37. The summed E-state index contributed by atoms with van der Waals surface area (Å²) in [7, 11) is 0. The molecule has 1 aliphatic rings. The van der Waals surface area contributed by atoms with Crippen molar-refractivity contribution in [3.05, 3.63) is 72.3 Å². The minimum absolute atomic E-state index is 0.520. The number of hydrogen-bond acceptors (Lipinski definition) is 2. The number of fused-ring (bicyclic) bond motifs is 2. The van der Waals surface area contributed by atoms with Gasteiger partial charge in [-0.05, 0) is 41.0 Å². The maximum Gasteiger partial charge on any atom is 0.316 e. The first-order chi connectivity index (χ1) is 11.7. The van der Waals surface area contributed by atoms with E-state index in [1.54, 1.807) is 4.90 Å². The van der Waals surface area contributed by atoms with Crippen molar-refractivity contribution in [3.8, 4) is 0 Å². The first kappa shape index (κ1) is 14.5. The molecule has 0 unspecified atom stereocenters. The monoisotopic (exact) mass is 316 g/mol. The van der Waals surface area contributed by atoms with Crippen LogP contribution in [-0.2, 0) is 16.0 Å². The van der Waals surface area contributed by atoms with Crippen molar-refractivity contribution in [1.29, 1.82) is 0 Å². The van der Waals surface area contributed by atoms with E-state index in [1.165, 1.54) is 0 Å². The van der Waals surface area contributed by atoms with Crippen molar-refractivity contribution in [3.63, 3.8) is 0 Å². The second-order valence-corrected chi connectivity index (χ2v) is 5.85. The van der Waals surface area contributed by atoms with E-state index in [2.05, 4.69) is 5.32 Å². The molecule has 0 aliphatic carbocycles. The van der Waals surface area contributed by atoms with Gasteiger partial charge in [0.2, 0.25) is 0 Å². The van der Waals surface area contributed by atoms with Crippen molar-refractivity contribution >= 4 is 34.0 Å². The molecule has 0 saturated heterocycles. The SMILES string of the molecule is O=C(Nc1ccc2ccccc2c1)C(=O)N1CCc2ccccc21. The zero-order chi connectivity index (χ0) is 16.5. The molecule has 0 atom stereocenters. The van der Waals surface area contributed by atoms with E-state index in [9.17, 15) is 9.59 Å². The van der Waals surface area contributed by atoms with Crippen LogP contribution in [0.1, 0.15) is 5.56 Å². The molecular weight excluding hydrogens is 300 g/mol. The number of hydrogen-bond donors (Lipinski definition) is 1. The number of para-hydroxylation sites is 1. The lowest BCUT2D eigenvalue weighted by Crippen LogP contribution is -2.38. The molecule has 1 aliphatic heterocycles. The molecular formula is C20H16N2O2. The second-order valence-electron chi connectivity index (χ2n) is 5.85. The third-order valence-electron chi connectivity index (χ3n) is 4.33. The third-order valence-corrected chi connectivity index (χ3v) is 4.33. The number of anilines is 2. The van der Waals surface area contributed by atoms with Gasteiger partial charge in [0.15, 0.2) is 0 Å². The topological polar surface area (TPSA) is 49.4 Å². The van der Waals surface area contributed by atoms with E-state index in [1.807, 2.05) is 66.7 Å². The molecule has 4 rings (SSSR count). The van der Waals surface area contributed by atoms with E-state index < -0.39 is 11.8 Å². The fourth-order valence-electron chi connectivity index (χ4n) is 3.12. The molecule has 1 N–H and O–H groups in total. The largest absolute Gasteiger partial charge is 0.318 e. The third kappa shape index (κ3) is 2.52. The zero-order valence-corrected chi connectivity index (χ0v) is 13.0. The molecule has 0 aromatic heterocycles. The molecule has 118 valence electrons. The van der Waals surface area contributed by atoms with Crippen LogP contribution in [0.4, 0.5) is 11.4 Å². The number of rotatable bonds is 1. The van der Waals surface area contributed by atoms with Crippen LogP contribution in [0.5, 0.6) is 0 Å². The molecule has 0 bridgehead atoms. The molecule has 1 heterocycles. The van der Waals surface area contributed by atoms with Crippen LogP contribution in [-0.4, -0.2) is 18.4 Å². The van der Waals surface area contributed by atoms with Gasteiger partial charge in [0.1, 0.15) is 0 Å². The number of carbonyl (C=O) groups is 2. The summed E-state index contributed by atoms with van der Waals surface area (Å²) in [4.78, 5) is 26.4. The number of nitrogens with zero attached hydrogens (tertiary/aromatic N) is 1. The maximum absolute atomic E-state index is 12.5. The van der Waals surface area contributed by atoms with E-state index in [4.69, 9.17) is 0 Å². The van der Waals surface area contributed by atoms with Gasteiger partial charge < -0.3 is 10.2 Å². The minimum Gasteiger partial charge on any atom is -0.318 e. The van der Waals surface area contributed by atoms with E-state index in [0.717, 1.165) is 28.4 Å². The summed E-state index contributed by atoms with van der Waals surface area (Å²) in [5.41, 5.74) is 2.56. The first-order valence-corrected chi connectivity index (χ1v) is 7.92. The highest BCUT2D eigenvalue weighted by Gasteiger charge is 2.28. The number of nitrogens with one attached hydrogen (secondary N) is 1. The molecule has 3 aromatic carbocycles. The fourth-order valence-corrected chi connectivity index (χ4v) is 3.12. The normalized spacial score (nSPS) is 12.9. The van der Waals surface area contributed by atoms with Crippen molar-refractivity contribution in [2.45, 2.75) is 6.42 Å². The molecule has 0 spiro atoms. The molecule has 0 fully saturated rings. The fraction of sp³-hybridized carbons (Fsp3) is 0.100. The van der Waals surface area contributed by atoms with Gasteiger partial charge in [0, 0.05) is 17.9 Å². The van der Waals surface area contributed by atoms with Gasteiger partial charge in [0.05, 0.1) is 0 Å². The molecule has 4 heteroatoms. The van der Waals surface area contributed by atoms with Crippen molar-refractivity contribution < 1.29 is 9.59 Å². The van der Waals surface area contributed by atoms with Crippen molar-refractivity contribution in [2.75, 3.05) is 16.8 Å². The van der Waals surface area contributed by atoms with Gasteiger partial charge in [-0.2, -0.15) is 0 Å². The quantitative estimate of drug-likeness (QED) is 0.700. The van der Waals surface area contributed by atoms with Gasteiger partial charge in [0.25, 0.3) is 0 Å². The summed E-state index contributed by atoms with van der Waals surface area (Å²) >= 11 is 0. The van der Waals surface area contributed by atoms with Gasteiger partial charge in [-0.1, -0.05) is 48.5 Å². The van der Waals surface area contributed by atoms with Gasteiger partial charge in [-0.15, -0.1) is 0 Å². The number of amides is 2. The van der Waals surface area contributed by atoms with E-state index in [-0.39, 0.29) is 0 Å². The lowest BCUT2D eigenvalue weighted by molar-refractivity contribution is -0.134. The van der Waals surface area contributed by atoms with E-state index >= 15 is 0 Å². The summed E-state index contributed by atoms with van der Waals surface area (Å²) in [5.74, 6) is -1.13. The smallest absolute Gasteiger partial charge is 0.316 e. The van der Waals surface area contributed by atoms with Crippen LogP contribution in [0.15, 0.2) is 66.7 Å². The Bertz CT molecular complexity index is 949. The Morgan fingerprint density at radius 3 is 2.50 bits per heavy atom. The highest BCUT2D eigenvalue weighted by atomic mass is 16.2. The summed E-state index contributed by atoms with van der Waals surface area (Å²) in [5, 5.41) is 4.83. The highest BCUT2D eigenvalue weighted by molar-refractivity contribution is 6.44. The predicted molar refractivity (Wildman–Crippen MR) is 95.1 cm³/mol. The zero-order valence-electron chi connectivity index (χ0n) is 13.0.